The second-order valence-electron chi connectivity index (χ2n) is 6.94. The first-order valence-corrected chi connectivity index (χ1v) is 9.02. The Morgan fingerprint density at radius 1 is 1.24 bits per heavy atom. The van der Waals surface area contributed by atoms with Gasteiger partial charge in [-0.1, -0.05) is 18.2 Å². The zero-order chi connectivity index (χ0) is 21.2. The van der Waals surface area contributed by atoms with Gasteiger partial charge in [0.2, 0.25) is 0 Å². The molecule has 1 unspecified atom stereocenters. The Morgan fingerprint density at radius 2 is 1.97 bits per heavy atom. The lowest BCUT2D eigenvalue weighted by Gasteiger charge is -2.40. The maximum absolute atomic E-state index is 11.8. The van der Waals surface area contributed by atoms with Gasteiger partial charge in [0.15, 0.2) is 0 Å². The van der Waals surface area contributed by atoms with Crippen molar-refractivity contribution >= 4 is 28.3 Å². The van der Waals surface area contributed by atoms with Gasteiger partial charge in [-0.3, -0.25) is 14.9 Å². The van der Waals surface area contributed by atoms with Crippen LogP contribution in [0.4, 0.5) is 11.5 Å². The number of nitrogens with two attached hydrogens (primary N) is 2. The monoisotopic (exact) mass is 394 g/mol. The molecular formula is C20H22N6O3. The fourth-order valence-corrected chi connectivity index (χ4v) is 3.51. The summed E-state index contributed by atoms with van der Waals surface area (Å²) in [7, 11) is 1.84. The van der Waals surface area contributed by atoms with Gasteiger partial charge >= 0.3 is 0 Å². The average molecular weight is 394 g/mol. The molecule has 0 saturated heterocycles. The molecule has 9 nitrogen and oxygen atoms in total. The van der Waals surface area contributed by atoms with Crippen LogP contribution in [-0.2, 0) is 5.54 Å². The molecule has 1 aromatic heterocycles. The fourth-order valence-electron chi connectivity index (χ4n) is 3.51. The first kappa shape index (κ1) is 20.2. The van der Waals surface area contributed by atoms with Gasteiger partial charge in [-0.15, -0.1) is 0 Å². The second kappa shape index (κ2) is 7.80. The van der Waals surface area contributed by atoms with Gasteiger partial charge in [-0.05, 0) is 37.6 Å². The van der Waals surface area contributed by atoms with Crippen LogP contribution >= 0.6 is 0 Å². The van der Waals surface area contributed by atoms with Crippen LogP contribution in [-0.4, -0.2) is 34.4 Å². The topological polar surface area (TPSA) is 141 Å². The zero-order valence-corrected chi connectivity index (χ0v) is 16.2. The Balaban J connectivity index is 2.19. The number of primary amides is 1. The van der Waals surface area contributed by atoms with Crippen LogP contribution in [0.25, 0.3) is 10.9 Å². The largest absolute Gasteiger partial charge is 0.366 e. The molecule has 29 heavy (non-hydrogen) atoms. The van der Waals surface area contributed by atoms with E-state index in [1.807, 2.05) is 31.0 Å². The Kier molecular flexibility index (Phi) is 5.42. The fraction of sp³-hybridized carbons (Fsp3) is 0.250. The van der Waals surface area contributed by atoms with Crippen LogP contribution in [0, 0.1) is 10.1 Å². The van der Waals surface area contributed by atoms with E-state index in [0.717, 1.165) is 5.56 Å². The molecule has 2 aromatic carbocycles. The number of hydrogen-bond donors (Lipinski definition) is 2. The molecule has 0 spiro atoms. The highest BCUT2D eigenvalue weighted by molar-refractivity contribution is 6.07. The number of benzene rings is 2. The number of hydrogen-bond acceptors (Lipinski definition) is 7. The van der Waals surface area contributed by atoms with E-state index in [0.29, 0.717) is 35.2 Å². The van der Waals surface area contributed by atoms with Crippen LogP contribution in [0.5, 0.6) is 0 Å². The molecule has 0 aliphatic heterocycles. The van der Waals surface area contributed by atoms with Gasteiger partial charge in [0, 0.05) is 24.6 Å². The number of nitro benzene ring substituents is 1. The van der Waals surface area contributed by atoms with Gasteiger partial charge in [0.25, 0.3) is 11.6 Å². The van der Waals surface area contributed by atoms with Crippen molar-refractivity contribution in [2.24, 2.45) is 11.5 Å². The maximum Gasteiger partial charge on any atom is 0.269 e. The first-order valence-electron chi connectivity index (χ1n) is 9.02. The molecule has 4 N–H and O–H groups in total. The van der Waals surface area contributed by atoms with Crippen LogP contribution in [0.1, 0.15) is 29.3 Å². The molecule has 0 bridgehead atoms. The lowest BCUT2D eigenvalue weighted by molar-refractivity contribution is -0.385. The molecule has 3 rings (SSSR count). The minimum atomic E-state index is -0.690. The molecule has 3 aromatic rings. The molecule has 1 heterocycles. The summed E-state index contributed by atoms with van der Waals surface area (Å²) in [5.74, 6) is -0.00753. The molecule has 1 amide bonds. The van der Waals surface area contributed by atoms with Crippen molar-refractivity contribution < 1.29 is 9.72 Å². The second-order valence-corrected chi connectivity index (χ2v) is 6.94. The van der Waals surface area contributed by atoms with E-state index in [4.69, 9.17) is 11.5 Å². The predicted molar refractivity (Wildman–Crippen MR) is 111 cm³/mol. The minimum Gasteiger partial charge on any atom is -0.366 e. The van der Waals surface area contributed by atoms with Crippen LogP contribution in [0.2, 0.25) is 0 Å². The van der Waals surface area contributed by atoms with Crippen LogP contribution < -0.4 is 16.4 Å². The van der Waals surface area contributed by atoms with Gasteiger partial charge in [-0.25, -0.2) is 9.97 Å². The summed E-state index contributed by atoms with van der Waals surface area (Å²) in [6, 6.07) is 11.6. The summed E-state index contributed by atoms with van der Waals surface area (Å²) in [4.78, 5) is 33.2. The highest BCUT2D eigenvalue weighted by Gasteiger charge is 2.34. The molecular weight excluding hydrogens is 372 g/mol. The summed E-state index contributed by atoms with van der Waals surface area (Å²) in [6.45, 7) is 2.31. The van der Waals surface area contributed by atoms with E-state index in [1.54, 1.807) is 24.3 Å². The van der Waals surface area contributed by atoms with E-state index >= 15 is 0 Å². The smallest absolute Gasteiger partial charge is 0.269 e. The molecule has 0 radical (unpaired) electrons. The quantitative estimate of drug-likeness (QED) is 0.463. The summed E-state index contributed by atoms with van der Waals surface area (Å²) in [5.41, 5.74) is 12.2. The summed E-state index contributed by atoms with van der Waals surface area (Å²) in [6.07, 6.45) is 1.89. The van der Waals surface area contributed by atoms with E-state index < -0.39 is 16.4 Å². The highest BCUT2D eigenvalue weighted by atomic mass is 16.6. The van der Waals surface area contributed by atoms with Crippen LogP contribution in [0.15, 0.2) is 48.8 Å². The number of para-hydroxylation sites is 1. The van der Waals surface area contributed by atoms with Gasteiger partial charge in [0.05, 0.1) is 21.5 Å². The van der Waals surface area contributed by atoms with Gasteiger partial charge in [-0.2, -0.15) is 0 Å². The van der Waals surface area contributed by atoms with Crippen molar-refractivity contribution in [2.45, 2.75) is 18.9 Å². The number of rotatable bonds is 7. The van der Waals surface area contributed by atoms with Crippen molar-refractivity contribution in [2.75, 3.05) is 18.5 Å². The van der Waals surface area contributed by atoms with E-state index in [2.05, 4.69) is 9.97 Å². The highest BCUT2D eigenvalue weighted by Crippen LogP contribution is 2.37. The van der Waals surface area contributed by atoms with Crippen molar-refractivity contribution in [1.82, 2.24) is 9.97 Å². The number of nitrogens with zero attached hydrogens (tertiary/aromatic N) is 4. The van der Waals surface area contributed by atoms with Crippen molar-refractivity contribution in [3.05, 3.63) is 70.0 Å². The third-order valence-corrected chi connectivity index (χ3v) is 5.28. The number of aromatic nitrogens is 2. The third-order valence-electron chi connectivity index (χ3n) is 5.28. The van der Waals surface area contributed by atoms with Crippen molar-refractivity contribution in [3.63, 3.8) is 0 Å². The maximum atomic E-state index is 11.8. The number of anilines is 1. The average Bonchev–Trinajstić information content (AvgIpc) is 2.72. The Morgan fingerprint density at radius 3 is 2.62 bits per heavy atom. The standard InChI is InChI=1S/C20H22N6O3/c1-20(9-10-21,13-5-3-6-14(11-13)26(28)29)25(2)19-16-8-4-7-15(18(22)27)17(16)23-12-24-19/h3-8,11-12H,9-10,21H2,1-2H3,(H2,22,27). The minimum absolute atomic E-state index is 0.00251. The number of nitro groups is 1. The van der Waals surface area contributed by atoms with Gasteiger partial charge in [0.1, 0.15) is 12.1 Å². The SMILES string of the molecule is CN(c1ncnc2c(C(N)=O)cccc12)C(C)(CCN)c1cccc([N+](=O)[O-])c1. The molecule has 0 saturated carbocycles. The zero-order valence-electron chi connectivity index (χ0n) is 16.2. The van der Waals surface area contributed by atoms with Crippen molar-refractivity contribution in [1.29, 1.82) is 0 Å². The number of carbonyl (C=O) groups is 1. The molecule has 0 aliphatic rings. The predicted octanol–water partition coefficient (Wildman–Crippen LogP) is 2.34. The van der Waals surface area contributed by atoms with E-state index in [9.17, 15) is 14.9 Å². The first-order chi connectivity index (χ1) is 13.8. The summed E-state index contributed by atoms with van der Waals surface area (Å²) >= 11 is 0. The third kappa shape index (κ3) is 3.59. The normalized spacial score (nSPS) is 13.1. The number of non-ortho nitro benzene ring substituents is 1. The lowest BCUT2D eigenvalue weighted by Crippen LogP contribution is -2.43. The Bertz CT molecular complexity index is 1090. The van der Waals surface area contributed by atoms with Gasteiger partial charge < -0.3 is 16.4 Å². The summed E-state index contributed by atoms with van der Waals surface area (Å²) in [5, 5.41) is 11.9. The molecule has 1 atom stereocenters. The summed E-state index contributed by atoms with van der Waals surface area (Å²) < 4.78 is 0. The van der Waals surface area contributed by atoms with Crippen molar-refractivity contribution in [3.8, 4) is 0 Å². The van der Waals surface area contributed by atoms with Crippen LogP contribution in [0.3, 0.4) is 0 Å². The molecule has 0 fully saturated rings. The van der Waals surface area contributed by atoms with E-state index in [-0.39, 0.29) is 5.69 Å². The number of carbonyl (C=O) groups excluding carboxylic acids is 1. The molecule has 9 heteroatoms. The number of amides is 1. The lowest BCUT2D eigenvalue weighted by atomic mass is 9.86. The number of fused-ring (bicyclic) bond motifs is 1. The Hall–Kier alpha value is -3.59. The van der Waals surface area contributed by atoms with E-state index in [1.165, 1.54) is 12.4 Å². The molecule has 150 valence electrons. The molecule has 0 aliphatic carbocycles. The Labute approximate surface area is 167 Å².